The average molecular weight is 464 g/mol. The number of carbonyl (C=O) groups is 2. The van der Waals surface area contributed by atoms with E-state index in [2.05, 4.69) is 15.0 Å². The summed E-state index contributed by atoms with van der Waals surface area (Å²) in [6, 6.07) is 4.69. The van der Waals surface area contributed by atoms with E-state index in [4.69, 9.17) is 10.5 Å². The number of hydrogen-bond acceptors (Lipinski definition) is 7. The van der Waals surface area contributed by atoms with Gasteiger partial charge in [0.05, 0.1) is 6.54 Å². The number of nitrogens with one attached hydrogen (secondary N) is 1. The number of benzene rings is 1. The topological polar surface area (TPSA) is 104 Å². The second-order valence-electron chi connectivity index (χ2n) is 5.92. The minimum Gasteiger partial charge on any atom is -0.484 e. The summed E-state index contributed by atoms with van der Waals surface area (Å²) in [5, 5.41) is 3.16. The van der Waals surface area contributed by atoms with Crippen LogP contribution in [0, 0.1) is 0 Å². The Kier molecular flexibility index (Phi) is 8.78. The van der Waals surface area contributed by atoms with Crippen LogP contribution in [0.4, 0.5) is 13.2 Å². The Morgan fingerprint density at radius 2 is 1.90 bits per heavy atom. The molecule has 0 aliphatic heterocycles. The van der Waals surface area contributed by atoms with Gasteiger partial charge >= 0.3 is 6.36 Å². The van der Waals surface area contributed by atoms with E-state index in [1.807, 2.05) is 6.26 Å². The first-order valence-electron chi connectivity index (χ1n) is 8.70. The first-order chi connectivity index (χ1) is 14.2. The molecule has 0 atom stereocenters. The number of amides is 2. The Hall–Kier alpha value is -2.47. The van der Waals surface area contributed by atoms with Crippen molar-refractivity contribution >= 4 is 34.9 Å². The van der Waals surface area contributed by atoms with Gasteiger partial charge in [-0.05, 0) is 49.1 Å². The number of aryl methyl sites for hydroxylation is 1. The van der Waals surface area contributed by atoms with Crippen molar-refractivity contribution in [3.63, 3.8) is 0 Å². The maximum absolute atomic E-state index is 12.1. The van der Waals surface area contributed by atoms with E-state index in [9.17, 15) is 22.8 Å². The number of halogens is 3. The molecule has 2 rings (SSSR count). The van der Waals surface area contributed by atoms with Crippen molar-refractivity contribution in [3.8, 4) is 11.5 Å². The zero-order chi connectivity index (χ0) is 22.1. The molecule has 2 amide bonds. The van der Waals surface area contributed by atoms with Crippen LogP contribution in [0.25, 0.3) is 0 Å². The van der Waals surface area contributed by atoms with Gasteiger partial charge in [-0.3, -0.25) is 9.59 Å². The van der Waals surface area contributed by atoms with Crippen LogP contribution < -0.4 is 20.5 Å². The lowest BCUT2D eigenvalue weighted by molar-refractivity contribution is -0.274. The summed E-state index contributed by atoms with van der Waals surface area (Å²) < 4.78 is 45.4. The second-order valence-corrected chi connectivity index (χ2v) is 8.08. The number of nitrogens with two attached hydrogens (primary N) is 1. The highest BCUT2D eigenvalue weighted by Crippen LogP contribution is 2.25. The molecule has 12 heteroatoms. The average Bonchev–Trinajstić information content (AvgIpc) is 3.08. The van der Waals surface area contributed by atoms with Crippen LogP contribution in [0.1, 0.15) is 26.8 Å². The van der Waals surface area contributed by atoms with Gasteiger partial charge in [-0.2, -0.15) is 11.8 Å². The van der Waals surface area contributed by atoms with Gasteiger partial charge in [0.1, 0.15) is 22.2 Å². The normalized spacial score (nSPS) is 11.2. The van der Waals surface area contributed by atoms with Crippen molar-refractivity contribution in [1.29, 1.82) is 0 Å². The molecule has 1 aromatic carbocycles. The van der Waals surface area contributed by atoms with Crippen molar-refractivity contribution in [2.75, 3.05) is 18.6 Å². The Labute approximate surface area is 179 Å². The van der Waals surface area contributed by atoms with Crippen molar-refractivity contribution in [2.45, 2.75) is 25.7 Å². The number of thioether (sulfide) groups is 1. The lowest BCUT2D eigenvalue weighted by Gasteiger charge is -2.10. The van der Waals surface area contributed by atoms with Crippen LogP contribution in [-0.4, -0.2) is 41.8 Å². The van der Waals surface area contributed by atoms with Crippen LogP contribution in [0.2, 0.25) is 0 Å². The summed E-state index contributed by atoms with van der Waals surface area (Å²) in [5.74, 6) is -0.291. The maximum Gasteiger partial charge on any atom is 0.573 e. The summed E-state index contributed by atoms with van der Waals surface area (Å²) >= 11 is 3.02. The quantitative estimate of drug-likeness (QED) is 0.497. The van der Waals surface area contributed by atoms with E-state index in [0.717, 1.165) is 29.2 Å². The summed E-state index contributed by atoms with van der Waals surface area (Å²) in [4.78, 5) is 28.5. The number of primary amides is 1. The SMILES string of the molecule is CSCCCc1sc(CNC(=O)COc2ccc(OC(F)(F)F)cc2)nc1C(N)=O. The summed E-state index contributed by atoms with van der Waals surface area (Å²) in [6.45, 7) is -0.234. The first-order valence-corrected chi connectivity index (χ1v) is 10.9. The summed E-state index contributed by atoms with van der Waals surface area (Å²) in [6.07, 6.45) is -1.21. The molecule has 164 valence electrons. The van der Waals surface area contributed by atoms with Crippen LogP contribution in [0.5, 0.6) is 11.5 Å². The van der Waals surface area contributed by atoms with E-state index in [0.29, 0.717) is 11.4 Å². The molecule has 30 heavy (non-hydrogen) atoms. The number of alkyl halides is 3. The standard InChI is InChI=1S/C18H20F3N3O4S2/c1-29-8-2-3-13-16(17(22)26)24-15(30-13)9-23-14(25)10-27-11-4-6-12(7-5-11)28-18(19,20)21/h4-7H,2-3,8-10H2,1H3,(H2,22,26)(H,23,25). The molecule has 1 aromatic heterocycles. The number of rotatable bonds is 11. The zero-order valence-electron chi connectivity index (χ0n) is 16.0. The van der Waals surface area contributed by atoms with E-state index < -0.39 is 18.2 Å². The fourth-order valence-electron chi connectivity index (χ4n) is 2.33. The number of ether oxygens (including phenoxy) is 2. The van der Waals surface area contributed by atoms with E-state index in [1.165, 1.54) is 23.5 Å². The molecule has 3 N–H and O–H groups in total. The Morgan fingerprint density at radius 3 is 2.50 bits per heavy atom. The fraction of sp³-hybridized carbons (Fsp3) is 0.389. The van der Waals surface area contributed by atoms with Crippen molar-refractivity contribution < 1.29 is 32.2 Å². The molecule has 0 fully saturated rings. The van der Waals surface area contributed by atoms with Gasteiger partial charge in [0, 0.05) is 4.88 Å². The highest BCUT2D eigenvalue weighted by molar-refractivity contribution is 7.98. The molecule has 2 aromatic rings. The molecule has 0 radical (unpaired) electrons. The molecule has 0 aliphatic rings. The molecule has 1 heterocycles. The number of carbonyl (C=O) groups excluding carboxylic acids is 2. The van der Waals surface area contributed by atoms with Gasteiger partial charge < -0.3 is 20.5 Å². The Morgan fingerprint density at radius 1 is 1.23 bits per heavy atom. The molecule has 0 spiro atoms. The van der Waals surface area contributed by atoms with Gasteiger partial charge in [0.15, 0.2) is 6.61 Å². The smallest absolute Gasteiger partial charge is 0.484 e. The zero-order valence-corrected chi connectivity index (χ0v) is 17.6. The molecule has 0 saturated heterocycles. The number of thiazole rings is 1. The number of hydrogen-bond donors (Lipinski definition) is 2. The largest absolute Gasteiger partial charge is 0.573 e. The minimum absolute atomic E-state index is 0.105. The summed E-state index contributed by atoms with van der Waals surface area (Å²) in [5.41, 5.74) is 5.59. The van der Waals surface area contributed by atoms with Crippen LogP contribution >= 0.6 is 23.1 Å². The molecular weight excluding hydrogens is 443 g/mol. The van der Waals surface area contributed by atoms with Crippen molar-refractivity contribution in [3.05, 3.63) is 39.8 Å². The molecule has 0 unspecified atom stereocenters. The van der Waals surface area contributed by atoms with Crippen LogP contribution in [-0.2, 0) is 17.8 Å². The third-order valence-corrected chi connectivity index (χ3v) is 5.40. The molecule has 0 saturated carbocycles. The fourth-order valence-corrected chi connectivity index (χ4v) is 3.81. The van der Waals surface area contributed by atoms with Crippen LogP contribution in [0.15, 0.2) is 24.3 Å². The van der Waals surface area contributed by atoms with Crippen molar-refractivity contribution in [2.24, 2.45) is 5.73 Å². The summed E-state index contributed by atoms with van der Waals surface area (Å²) in [7, 11) is 0. The van der Waals surface area contributed by atoms with Crippen LogP contribution in [0.3, 0.4) is 0 Å². The van der Waals surface area contributed by atoms with Gasteiger partial charge in [-0.15, -0.1) is 24.5 Å². The van der Waals surface area contributed by atoms with E-state index >= 15 is 0 Å². The highest BCUT2D eigenvalue weighted by atomic mass is 32.2. The Bertz CT molecular complexity index is 857. The molecular formula is C18H20F3N3O4S2. The highest BCUT2D eigenvalue weighted by Gasteiger charge is 2.31. The predicted octanol–water partition coefficient (Wildman–Crippen LogP) is 3.13. The lowest BCUT2D eigenvalue weighted by Crippen LogP contribution is -2.28. The first kappa shape index (κ1) is 23.8. The van der Waals surface area contributed by atoms with Gasteiger partial charge in [-0.25, -0.2) is 4.98 Å². The van der Waals surface area contributed by atoms with E-state index in [1.54, 1.807) is 11.8 Å². The minimum atomic E-state index is -4.78. The lowest BCUT2D eigenvalue weighted by atomic mass is 10.2. The molecule has 0 bridgehead atoms. The monoisotopic (exact) mass is 463 g/mol. The molecule has 0 aliphatic carbocycles. The second kappa shape index (κ2) is 11.1. The van der Waals surface area contributed by atoms with E-state index in [-0.39, 0.29) is 30.3 Å². The van der Waals surface area contributed by atoms with Crippen molar-refractivity contribution in [1.82, 2.24) is 10.3 Å². The number of aromatic nitrogens is 1. The molecule has 7 nitrogen and oxygen atoms in total. The third-order valence-electron chi connectivity index (χ3n) is 3.59. The third kappa shape index (κ3) is 8.11. The van der Waals surface area contributed by atoms with Gasteiger partial charge in [0.25, 0.3) is 11.8 Å². The van der Waals surface area contributed by atoms with Gasteiger partial charge in [0.2, 0.25) is 0 Å². The Balaban J connectivity index is 1.83. The maximum atomic E-state index is 12.1. The van der Waals surface area contributed by atoms with Gasteiger partial charge in [-0.1, -0.05) is 0 Å². The number of nitrogens with zero attached hydrogens (tertiary/aromatic N) is 1. The predicted molar refractivity (Wildman–Crippen MR) is 108 cm³/mol.